The molecule has 1 aliphatic heterocycles. The number of hydrogen-bond donors (Lipinski definition) is 1. The van der Waals surface area contributed by atoms with Gasteiger partial charge < -0.3 is 10.1 Å². The maximum Gasteiger partial charge on any atom is 0.246 e. The summed E-state index contributed by atoms with van der Waals surface area (Å²) in [4.78, 5) is 0.255. The van der Waals surface area contributed by atoms with Crippen LogP contribution < -0.4 is 5.32 Å². The molecule has 0 aromatic carbocycles. The Labute approximate surface area is 132 Å². The minimum Gasteiger partial charge on any atom is -0.383 e. The van der Waals surface area contributed by atoms with E-state index in [1.807, 2.05) is 7.05 Å². The Hall–Kier alpha value is -0.670. The van der Waals surface area contributed by atoms with Gasteiger partial charge in [-0.1, -0.05) is 0 Å². The van der Waals surface area contributed by atoms with Crippen LogP contribution in [0.1, 0.15) is 12.8 Å². The summed E-state index contributed by atoms with van der Waals surface area (Å²) in [5, 5.41) is 7.22. The first-order chi connectivity index (χ1) is 9.57. The van der Waals surface area contributed by atoms with Crippen LogP contribution in [0.15, 0.2) is 17.3 Å². The molecule has 1 unspecified atom stereocenters. The van der Waals surface area contributed by atoms with E-state index in [0.717, 1.165) is 12.8 Å². The molecule has 1 aromatic heterocycles. The zero-order chi connectivity index (χ0) is 14.6. The molecule has 0 bridgehead atoms. The van der Waals surface area contributed by atoms with Crippen LogP contribution in [0.5, 0.6) is 0 Å². The van der Waals surface area contributed by atoms with Gasteiger partial charge in [-0.3, -0.25) is 4.68 Å². The van der Waals surface area contributed by atoms with Crippen molar-refractivity contribution in [3.05, 3.63) is 12.4 Å². The Balaban J connectivity index is 0.00000220. The summed E-state index contributed by atoms with van der Waals surface area (Å²) < 4.78 is 33.2. The van der Waals surface area contributed by atoms with Crippen molar-refractivity contribution in [3.8, 4) is 0 Å². The number of nitrogens with zero attached hydrogens (tertiary/aromatic N) is 3. The lowest BCUT2D eigenvalue weighted by Gasteiger charge is -2.31. The predicted octanol–water partition coefficient (Wildman–Crippen LogP) is 0.324. The van der Waals surface area contributed by atoms with E-state index in [1.165, 1.54) is 10.5 Å². The van der Waals surface area contributed by atoms with Gasteiger partial charge in [0.2, 0.25) is 10.0 Å². The first-order valence-corrected chi connectivity index (χ1v) is 8.20. The fourth-order valence-corrected chi connectivity index (χ4v) is 3.81. The molecule has 0 spiro atoms. The lowest BCUT2D eigenvalue weighted by atomic mass is 10.1. The van der Waals surface area contributed by atoms with Crippen molar-refractivity contribution in [2.45, 2.75) is 30.3 Å². The van der Waals surface area contributed by atoms with Gasteiger partial charge in [-0.2, -0.15) is 9.40 Å². The van der Waals surface area contributed by atoms with Crippen LogP contribution in [0.25, 0.3) is 0 Å². The highest BCUT2D eigenvalue weighted by molar-refractivity contribution is 7.89. The van der Waals surface area contributed by atoms with E-state index in [1.54, 1.807) is 18.0 Å². The third-order valence-electron chi connectivity index (χ3n) is 3.56. The van der Waals surface area contributed by atoms with E-state index in [-0.39, 0.29) is 23.3 Å². The molecule has 1 atom stereocenters. The van der Waals surface area contributed by atoms with Gasteiger partial charge in [0.1, 0.15) is 4.90 Å². The minimum absolute atomic E-state index is 0. The summed E-state index contributed by atoms with van der Waals surface area (Å²) >= 11 is 0. The van der Waals surface area contributed by atoms with Crippen LogP contribution in [0.2, 0.25) is 0 Å². The molecular weight excluding hydrogens is 316 g/mol. The number of halogens is 1. The van der Waals surface area contributed by atoms with Gasteiger partial charge in [0.15, 0.2) is 0 Å². The van der Waals surface area contributed by atoms with Gasteiger partial charge in [-0.15, -0.1) is 12.4 Å². The Morgan fingerprint density at radius 1 is 1.52 bits per heavy atom. The van der Waals surface area contributed by atoms with Crippen molar-refractivity contribution in [2.24, 2.45) is 0 Å². The summed E-state index contributed by atoms with van der Waals surface area (Å²) in [6, 6.07) is 0.224. The predicted molar refractivity (Wildman–Crippen MR) is 82.2 cm³/mol. The van der Waals surface area contributed by atoms with Gasteiger partial charge in [-0.05, 0) is 19.9 Å². The quantitative estimate of drug-likeness (QED) is 0.808. The third-order valence-corrected chi connectivity index (χ3v) is 5.38. The van der Waals surface area contributed by atoms with Crippen molar-refractivity contribution in [3.63, 3.8) is 0 Å². The molecule has 1 aromatic rings. The molecule has 2 rings (SSSR count). The second-order valence-electron chi connectivity index (χ2n) is 4.92. The molecule has 0 radical (unpaired) electrons. The third kappa shape index (κ3) is 4.40. The van der Waals surface area contributed by atoms with Crippen molar-refractivity contribution in [1.29, 1.82) is 0 Å². The fourth-order valence-electron chi connectivity index (χ4n) is 2.33. The monoisotopic (exact) mass is 338 g/mol. The lowest BCUT2D eigenvalue weighted by molar-refractivity contribution is 0.183. The maximum absolute atomic E-state index is 12.5. The lowest BCUT2D eigenvalue weighted by Crippen LogP contribution is -2.46. The van der Waals surface area contributed by atoms with Crippen LogP contribution in [0, 0.1) is 0 Å². The molecule has 21 heavy (non-hydrogen) atoms. The number of methoxy groups -OCH3 is 1. The van der Waals surface area contributed by atoms with E-state index in [9.17, 15) is 8.42 Å². The van der Waals surface area contributed by atoms with E-state index in [2.05, 4.69) is 10.4 Å². The normalized spacial score (nSPS) is 20.2. The number of rotatable bonds is 6. The van der Waals surface area contributed by atoms with E-state index < -0.39 is 10.0 Å². The standard InChI is InChI=1S/C12H22N4O3S.ClH/c1-13-11-4-3-5-16(9-11)20(17,18)12-8-14-15(10-12)6-7-19-2;/h8,10-11,13H,3-7,9H2,1-2H3;1H. The first kappa shape index (κ1) is 18.4. The molecule has 7 nitrogen and oxygen atoms in total. The molecular formula is C12H23ClN4O3S. The van der Waals surface area contributed by atoms with Crippen molar-refractivity contribution < 1.29 is 13.2 Å². The number of ether oxygens (including phenoxy) is 1. The molecule has 0 aliphatic carbocycles. The summed E-state index contributed by atoms with van der Waals surface area (Å²) in [5.74, 6) is 0. The van der Waals surface area contributed by atoms with Gasteiger partial charge in [0, 0.05) is 32.4 Å². The molecule has 1 saturated heterocycles. The SMILES string of the molecule is CNC1CCCN(S(=O)(=O)c2cnn(CCOC)c2)C1.Cl. The topological polar surface area (TPSA) is 76.5 Å². The smallest absolute Gasteiger partial charge is 0.246 e. The van der Waals surface area contributed by atoms with Crippen molar-refractivity contribution >= 4 is 22.4 Å². The summed E-state index contributed by atoms with van der Waals surface area (Å²) in [6.45, 7) is 2.14. The highest BCUT2D eigenvalue weighted by atomic mass is 35.5. The van der Waals surface area contributed by atoms with Gasteiger partial charge in [-0.25, -0.2) is 8.42 Å². The summed E-state index contributed by atoms with van der Waals surface area (Å²) in [6.07, 6.45) is 4.86. The maximum atomic E-state index is 12.5. The van der Waals surface area contributed by atoms with Crippen LogP contribution >= 0.6 is 12.4 Å². The number of aromatic nitrogens is 2. The fraction of sp³-hybridized carbons (Fsp3) is 0.750. The zero-order valence-electron chi connectivity index (χ0n) is 12.4. The van der Waals surface area contributed by atoms with Crippen LogP contribution in [-0.2, 0) is 21.3 Å². The van der Waals surface area contributed by atoms with Crippen LogP contribution in [-0.4, -0.2) is 62.4 Å². The van der Waals surface area contributed by atoms with Crippen molar-refractivity contribution in [1.82, 2.24) is 19.4 Å². The molecule has 0 saturated carbocycles. The number of sulfonamides is 1. The average Bonchev–Trinajstić information content (AvgIpc) is 2.94. The Morgan fingerprint density at radius 3 is 2.95 bits per heavy atom. The van der Waals surface area contributed by atoms with E-state index >= 15 is 0 Å². The molecule has 0 amide bonds. The van der Waals surface area contributed by atoms with Crippen molar-refractivity contribution in [2.75, 3.05) is 33.9 Å². The highest BCUT2D eigenvalue weighted by Crippen LogP contribution is 2.20. The minimum atomic E-state index is -3.44. The molecule has 1 N–H and O–H groups in total. The van der Waals surface area contributed by atoms with Gasteiger partial charge in [0.05, 0.1) is 19.3 Å². The number of nitrogens with one attached hydrogen (secondary N) is 1. The Morgan fingerprint density at radius 2 is 2.29 bits per heavy atom. The number of likely N-dealkylation sites (N-methyl/N-ethyl adjacent to an activating group) is 1. The number of hydrogen-bond acceptors (Lipinski definition) is 5. The van der Waals surface area contributed by atoms with Crippen LogP contribution in [0.3, 0.4) is 0 Å². The molecule has 9 heteroatoms. The average molecular weight is 339 g/mol. The van der Waals surface area contributed by atoms with E-state index in [0.29, 0.717) is 26.2 Å². The Kier molecular flexibility index (Phi) is 7.08. The number of piperidine rings is 1. The second-order valence-corrected chi connectivity index (χ2v) is 6.86. The van der Waals surface area contributed by atoms with E-state index in [4.69, 9.17) is 4.74 Å². The Bertz CT molecular complexity index is 534. The van der Waals surface area contributed by atoms with Crippen LogP contribution in [0.4, 0.5) is 0 Å². The van der Waals surface area contributed by atoms with Gasteiger partial charge in [0.25, 0.3) is 0 Å². The molecule has 1 fully saturated rings. The highest BCUT2D eigenvalue weighted by Gasteiger charge is 2.30. The molecule has 1 aliphatic rings. The summed E-state index contributed by atoms with van der Waals surface area (Å²) in [5.41, 5.74) is 0. The summed E-state index contributed by atoms with van der Waals surface area (Å²) in [7, 11) is 0.0285. The molecule has 122 valence electrons. The second kappa shape index (κ2) is 8.09. The zero-order valence-corrected chi connectivity index (χ0v) is 14.0. The first-order valence-electron chi connectivity index (χ1n) is 6.76. The largest absolute Gasteiger partial charge is 0.383 e. The molecule has 2 heterocycles. The van der Waals surface area contributed by atoms with Gasteiger partial charge >= 0.3 is 0 Å².